The smallest absolute Gasteiger partial charge is 0.315 e. The second-order valence-electron chi connectivity index (χ2n) is 6.71. The van der Waals surface area contributed by atoms with Crippen molar-refractivity contribution in [2.45, 2.75) is 5.92 Å². The summed E-state index contributed by atoms with van der Waals surface area (Å²) in [6.45, 7) is 1.46. The van der Waals surface area contributed by atoms with Crippen LogP contribution in [0.4, 0.5) is 5.69 Å². The summed E-state index contributed by atoms with van der Waals surface area (Å²) in [5.74, 6) is 0.106. The number of likely N-dealkylation sites (tertiary alicyclic amines) is 1. The van der Waals surface area contributed by atoms with Crippen molar-refractivity contribution in [3.05, 3.63) is 63.7 Å². The molecule has 1 fully saturated rings. The first-order valence-electron chi connectivity index (χ1n) is 8.94. The zero-order valence-corrected chi connectivity index (χ0v) is 17.1. The lowest BCUT2D eigenvalue weighted by Crippen LogP contribution is -2.30. The molecule has 2 N–H and O–H groups in total. The highest BCUT2D eigenvalue weighted by Crippen LogP contribution is 2.39. The average molecular weight is 422 g/mol. The van der Waals surface area contributed by atoms with Gasteiger partial charge < -0.3 is 20.1 Å². The predicted molar refractivity (Wildman–Crippen MR) is 111 cm³/mol. The van der Waals surface area contributed by atoms with Gasteiger partial charge in [-0.15, -0.1) is 12.4 Å². The van der Waals surface area contributed by atoms with E-state index in [2.05, 4.69) is 0 Å². The lowest BCUT2D eigenvalue weighted by molar-refractivity contribution is -0.385. The first-order chi connectivity index (χ1) is 13.5. The maximum absolute atomic E-state index is 13.1. The Bertz CT molecular complexity index is 878. The first-order valence-corrected chi connectivity index (χ1v) is 8.94. The van der Waals surface area contributed by atoms with E-state index in [0.29, 0.717) is 19.6 Å². The topological polar surface area (TPSA) is 108 Å². The molecule has 1 heterocycles. The zero-order chi connectivity index (χ0) is 20.3. The van der Waals surface area contributed by atoms with E-state index >= 15 is 0 Å². The highest BCUT2D eigenvalue weighted by Gasteiger charge is 2.36. The number of rotatable bonds is 6. The van der Waals surface area contributed by atoms with E-state index in [1.165, 1.54) is 26.4 Å². The Labute approximate surface area is 175 Å². The van der Waals surface area contributed by atoms with Crippen molar-refractivity contribution in [3.8, 4) is 11.5 Å². The molecule has 156 valence electrons. The van der Waals surface area contributed by atoms with Crippen LogP contribution in [0.2, 0.25) is 0 Å². The minimum absolute atomic E-state index is 0. The molecule has 9 heteroatoms. The largest absolute Gasteiger partial charge is 0.493 e. The molecule has 3 rings (SSSR count). The lowest BCUT2D eigenvalue weighted by atomic mass is 9.89. The summed E-state index contributed by atoms with van der Waals surface area (Å²) in [7, 11) is 2.70. The molecule has 2 aromatic rings. The molecule has 1 amide bonds. The molecule has 2 aromatic carbocycles. The third-order valence-corrected chi connectivity index (χ3v) is 5.16. The van der Waals surface area contributed by atoms with Crippen LogP contribution >= 0.6 is 12.4 Å². The van der Waals surface area contributed by atoms with Crippen molar-refractivity contribution >= 4 is 24.0 Å². The second-order valence-corrected chi connectivity index (χ2v) is 6.71. The molecular weight excluding hydrogens is 398 g/mol. The van der Waals surface area contributed by atoms with E-state index < -0.39 is 4.92 Å². The van der Waals surface area contributed by atoms with E-state index in [4.69, 9.17) is 15.2 Å². The van der Waals surface area contributed by atoms with E-state index in [9.17, 15) is 14.9 Å². The molecule has 1 aliphatic rings. The molecular formula is C20H24ClN3O5. The number of carbonyl (C=O) groups is 1. The van der Waals surface area contributed by atoms with Crippen LogP contribution in [0.15, 0.2) is 42.5 Å². The van der Waals surface area contributed by atoms with Crippen molar-refractivity contribution < 1.29 is 19.2 Å². The summed E-state index contributed by atoms with van der Waals surface area (Å²) >= 11 is 0. The quantitative estimate of drug-likeness (QED) is 0.567. The molecule has 1 aliphatic heterocycles. The van der Waals surface area contributed by atoms with Crippen LogP contribution in [0.5, 0.6) is 11.5 Å². The van der Waals surface area contributed by atoms with Crippen LogP contribution < -0.4 is 15.2 Å². The summed E-state index contributed by atoms with van der Waals surface area (Å²) in [4.78, 5) is 25.6. The summed E-state index contributed by atoms with van der Waals surface area (Å²) < 4.78 is 10.3. The van der Waals surface area contributed by atoms with Crippen molar-refractivity contribution in [1.29, 1.82) is 0 Å². The van der Waals surface area contributed by atoms with Crippen molar-refractivity contribution in [2.75, 3.05) is 33.9 Å². The molecule has 0 spiro atoms. The number of halogens is 1. The Morgan fingerprint density at radius 1 is 1.21 bits per heavy atom. The monoisotopic (exact) mass is 421 g/mol. The maximum atomic E-state index is 13.1. The van der Waals surface area contributed by atoms with E-state index in [-0.39, 0.29) is 52.9 Å². The molecule has 0 unspecified atom stereocenters. The van der Waals surface area contributed by atoms with Crippen LogP contribution in [0.1, 0.15) is 21.8 Å². The SMILES string of the molecule is COc1cc(C(=O)N2C[C@@H](CN)[C@H](c3ccccc3)C2)cc([N+](=O)[O-])c1OC.Cl. The summed E-state index contributed by atoms with van der Waals surface area (Å²) in [5.41, 5.74) is 6.96. The number of nitro benzene ring substituents is 1. The van der Waals surface area contributed by atoms with Crippen LogP contribution in [0, 0.1) is 16.0 Å². The van der Waals surface area contributed by atoms with Crippen LogP contribution in [-0.4, -0.2) is 49.6 Å². The van der Waals surface area contributed by atoms with Crippen molar-refractivity contribution in [2.24, 2.45) is 11.7 Å². The van der Waals surface area contributed by atoms with Gasteiger partial charge in [0.1, 0.15) is 0 Å². The third-order valence-electron chi connectivity index (χ3n) is 5.16. The summed E-state index contributed by atoms with van der Waals surface area (Å²) in [6.07, 6.45) is 0. The van der Waals surface area contributed by atoms with Gasteiger partial charge >= 0.3 is 5.69 Å². The fourth-order valence-electron chi connectivity index (χ4n) is 3.74. The molecule has 0 bridgehead atoms. The van der Waals surface area contributed by atoms with Gasteiger partial charge in [-0.1, -0.05) is 30.3 Å². The summed E-state index contributed by atoms with van der Waals surface area (Å²) in [5, 5.41) is 11.4. The molecule has 0 aliphatic carbocycles. The van der Waals surface area contributed by atoms with Gasteiger partial charge in [0.2, 0.25) is 5.75 Å². The molecule has 0 aromatic heterocycles. The van der Waals surface area contributed by atoms with E-state index in [0.717, 1.165) is 5.56 Å². The number of amides is 1. The summed E-state index contributed by atoms with van der Waals surface area (Å²) in [6, 6.07) is 12.6. The van der Waals surface area contributed by atoms with Gasteiger partial charge in [-0.3, -0.25) is 14.9 Å². The minimum Gasteiger partial charge on any atom is -0.493 e. The highest BCUT2D eigenvalue weighted by atomic mass is 35.5. The molecule has 1 saturated heterocycles. The molecule has 0 saturated carbocycles. The Morgan fingerprint density at radius 2 is 1.90 bits per heavy atom. The second kappa shape index (κ2) is 9.58. The number of nitro groups is 1. The van der Waals surface area contributed by atoms with Crippen LogP contribution in [-0.2, 0) is 0 Å². The number of nitrogens with zero attached hydrogens (tertiary/aromatic N) is 2. The number of methoxy groups -OCH3 is 2. The predicted octanol–water partition coefficient (Wildman–Crippen LogP) is 2.85. The number of benzene rings is 2. The van der Waals surface area contributed by atoms with Crippen LogP contribution in [0.25, 0.3) is 0 Å². The highest BCUT2D eigenvalue weighted by molar-refractivity contribution is 5.96. The number of nitrogens with two attached hydrogens (primary N) is 1. The van der Waals surface area contributed by atoms with Gasteiger partial charge in [-0.25, -0.2) is 0 Å². The average Bonchev–Trinajstić information content (AvgIpc) is 3.17. The normalized spacial score (nSPS) is 18.1. The minimum atomic E-state index is -0.586. The number of hydrogen-bond acceptors (Lipinski definition) is 6. The van der Waals surface area contributed by atoms with Gasteiger partial charge in [0, 0.05) is 25.1 Å². The molecule has 2 atom stereocenters. The van der Waals surface area contributed by atoms with E-state index in [1.807, 2.05) is 30.3 Å². The van der Waals surface area contributed by atoms with Gasteiger partial charge in [0.05, 0.1) is 24.7 Å². The fraction of sp³-hybridized carbons (Fsp3) is 0.350. The molecule has 29 heavy (non-hydrogen) atoms. The standard InChI is InChI=1S/C20H23N3O5.ClH/c1-27-18-9-14(8-17(23(25)26)19(18)28-2)20(24)22-11-15(10-21)16(12-22)13-6-4-3-5-7-13;/h3-9,15-16H,10-12,21H2,1-2H3;1H/t15-,16+;/m1./s1. The Balaban J connectivity index is 0.00000300. The lowest BCUT2D eigenvalue weighted by Gasteiger charge is -2.18. The maximum Gasteiger partial charge on any atom is 0.315 e. The number of carbonyl (C=O) groups excluding carboxylic acids is 1. The third kappa shape index (κ3) is 4.44. The van der Waals surface area contributed by atoms with Gasteiger partial charge in [-0.05, 0) is 24.1 Å². The Morgan fingerprint density at radius 3 is 2.45 bits per heavy atom. The molecule has 8 nitrogen and oxygen atoms in total. The van der Waals surface area contributed by atoms with Crippen molar-refractivity contribution in [3.63, 3.8) is 0 Å². The first kappa shape index (κ1) is 22.4. The van der Waals surface area contributed by atoms with Gasteiger partial charge in [-0.2, -0.15) is 0 Å². The number of ether oxygens (including phenoxy) is 2. The van der Waals surface area contributed by atoms with Crippen LogP contribution in [0.3, 0.4) is 0 Å². The van der Waals surface area contributed by atoms with Gasteiger partial charge in [0.25, 0.3) is 5.91 Å². The van der Waals surface area contributed by atoms with Crippen molar-refractivity contribution in [1.82, 2.24) is 4.90 Å². The Hall–Kier alpha value is -2.84. The Kier molecular flexibility index (Phi) is 7.41. The zero-order valence-electron chi connectivity index (χ0n) is 16.2. The van der Waals surface area contributed by atoms with E-state index in [1.54, 1.807) is 4.90 Å². The number of hydrogen-bond donors (Lipinski definition) is 1. The van der Waals surface area contributed by atoms with Gasteiger partial charge in [0.15, 0.2) is 5.75 Å². The molecule has 0 radical (unpaired) electrons. The fourth-order valence-corrected chi connectivity index (χ4v) is 3.74.